The molecule has 1 heterocycles. The maximum Gasteiger partial charge on any atom is 0.337 e. The Labute approximate surface area is 183 Å². The van der Waals surface area contributed by atoms with Gasteiger partial charge in [-0.05, 0) is 61.7 Å². The number of benzene rings is 2. The van der Waals surface area contributed by atoms with Gasteiger partial charge in [0, 0.05) is 26.2 Å². The van der Waals surface area contributed by atoms with Crippen LogP contribution in [0.1, 0.15) is 27.0 Å². The molecule has 0 radical (unpaired) electrons. The summed E-state index contributed by atoms with van der Waals surface area (Å²) in [5.74, 6) is -0.544. The third kappa shape index (κ3) is 4.52. The molecule has 168 valence electrons. The van der Waals surface area contributed by atoms with Gasteiger partial charge in [0.2, 0.25) is 20.0 Å². The van der Waals surface area contributed by atoms with Gasteiger partial charge in [0.25, 0.3) is 0 Å². The lowest BCUT2D eigenvalue weighted by Crippen LogP contribution is -2.50. The Bertz CT molecular complexity index is 1210. The highest BCUT2D eigenvalue weighted by molar-refractivity contribution is 7.89. The summed E-state index contributed by atoms with van der Waals surface area (Å²) < 4.78 is 59.7. The van der Waals surface area contributed by atoms with E-state index in [1.165, 1.54) is 33.9 Å². The smallest absolute Gasteiger partial charge is 0.337 e. The molecule has 1 fully saturated rings. The van der Waals surface area contributed by atoms with Gasteiger partial charge in [0.05, 0.1) is 22.5 Å². The summed E-state index contributed by atoms with van der Waals surface area (Å²) in [6.45, 7) is 5.41. The lowest BCUT2D eigenvalue weighted by Gasteiger charge is -2.33. The Hall–Kier alpha value is -2.27. The van der Waals surface area contributed by atoms with Gasteiger partial charge >= 0.3 is 5.97 Å². The minimum Gasteiger partial charge on any atom is -0.465 e. The Morgan fingerprint density at radius 1 is 0.774 bits per heavy atom. The number of rotatable bonds is 5. The number of ether oxygens (including phenoxy) is 1. The molecule has 0 unspecified atom stereocenters. The fourth-order valence-electron chi connectivity index (χ4n) is 3.60. The fourth-order valence-corrected chi connectivity index (χ4v) is 6.96. The lowest BCUT2D eigenvalue weighted by atomic mass is 10.1. The minimum absolute atomic E-state index is 0.0462. The SMILES string of the molecule is COC(=O)c1ccc(S(=O)(=O)N2CCN(S(=O)(=O)c3cc(C)ccc3C)CC2)c(C)c1. The molecule has 0 saturated carbocycles. The maximum atomic E-state index is 13.1. The first-order valence-electron chi connectivity index (χ1n) is 9.75. The van der Waals surface area contributed by atoms with E-state index in [4.69, 9.17) is 0 Å². The van der Waals surface area contributed by atoms with E-state index in [-0.39, 0.29) is 41.5 Å². The highest BCUT2D eigenvalue weighted by Crippen LogP contribution is 2.26. The molecule has 0 aliphatic carbocycles. The number of sulfonamides is 2. The van der Waals surface area contributed by atoms with Crippen molar-refractivity contribution < 1.29 is 26.4 Å². The summed E-state index contributed by atoms with van der Waals surface area (Å²) in [7, 11) is -6.29. The summed E-state index contributed by atoms with van der Waals surface area (Å²) in [5.41, 5.74) is 2.19. The molecule has 2 aromatic carbocycles. The van der Waals surface area contributed by atoms with E-state index < -0.39 is 26.0 Å². The Kier molecular flexibility index (Phi) is 6.56. The van der Waals surface area contributed by atoms with Gasteiger partial charge in [-0.1, -0.05) is 12.1 Å². The third-order valence-electron chi connectivity index (χ3n) is 5.37. The molecule has 8 nitrogen and oxygen atoms in total. The number of piperazine rings is 1. The van der Waals surface area contributed by atoms with E-state index in [0.717, 1.165) is 5.56 Å². The number of hydrogen-bond donors (Lipinski definition) is 0. The topological polar surface area (TPSA) is 101 Å². The monoisotopic (exact) mass is 466 g/mol. The van der Waals surface area contributed by atoms with Crippen molar-refractivity contribution in [2.75, 3.05) is 33.3 Å². The van der Waals surface area contributed by atoms with E-state index in [9.17, 15) is 21.6 Å². The highest BCUT2D eigenvalue weighted by Gasteiger charge is 2.35. The zero-order valence-electron chi connectivity index (χ0n) is 18.0. The van der Waals surface area contributed by atoms with Crippen LogP contribution in [0.15, 0.2) is 46.2 Å². The van der Waals surface area contributed by atoms with Gasteiger partial charge in [-0.3, -0.25) is 0 Å². The Morgan fingerprint density at radius 2 is 1.32 bits per heavy atom. The van der Waals surface area contributed by atoms with Crippen molar-refractivity contribution >= 4 is 26.0 Å². The maximum absolute atomic E-state index is 13.1. The predicted octanol–water partition coefficient (Wildman–Crippen LogP) is 2.09. The van der Waals surface area contributed by atoms with Gasteiger partial charge < -0.3 is 4.74 Å². The summed E-state index contributed by atoms with van der Waals surface area (Å²) >= 11 is 0. The van der Waals surface area contributed by atoms with Gasteiger partial charge in [-0.15, -0.1) is 0 Å². The third-order valence-corrected chi connectivity index (χ3v) is 9.47. The zero-order valence-corrected chi connectivity index (χ0v) is 19.6. The number of nitrogens with zero attached hydrogens (tertiary/aromatic N) is 2. The van der Waals surface area contributed by atoms with Gasteiger partial charge in [-0.2, -0.15) is 8.61 Å². The predicted molar refractivity (Wildman–Crippen MR) is 116 cm³/mol. The number of carbonyl (C=O) groups excluding carboxylic acids is 1. The van der Waals surface area contributed by atoms with Crippen LogP contribution in [0.3, 0.4) is 0 Å². The molecular formula is C21H26N2O6S2. The van der Waals surface area contributed by atoms with Crippen LogP contribution >= 0.6 is 0 Å². The molecule has 0 spiro atoms. The first-order valence-corrected chi connectivity index (χ1v) is 12.6. The van der Waals surface area contributed by atoms with E-state index in [2.05, 4.69) is 4.74 Å². The van der Waals surface area contributed by atoms with Gasteiger partial charge in [0.15, 0.2) is 0 Å². The molecule has 10 heteroatoms. The molecule has 0 aromatic heterocycles. The quantitative estimate of drug-likeness (QED) is 0.626. The Morgan fingerprint density at radius 3 is 1.84 bits per heavy atom. The number of hydrogen-bond acceptors (Lipinski definition) is 6. The second kappa shape index (κ2) is 8.70. The highest BCUT2D eigenvalue weighted by atomic mass is 32.2. The van der Waals surface area contributed by atoms with Crippen molar-refractivity contribution in [1.29, 1.82) is 0 Å². The summed E-state index contributed by atoms with van der Waals surface area (Å²) in [6.07, 6.45) is 0. The normalized spacial score (nSPS) is 16.3. The molecule has 1 saturated heterocycles. The average molecular weight is 467 g/mol. The molecule has 1 aliphatic heterocycles. The Balaban J connectivity index is 1.80. The molecule has 0 N–H and O–H groups in total. The minimum atomic E-state index is -3.83. The second-order valence-electron chi connectivity index (χ2n) is 7.55. The van der Waals surface area contributed by atoms with Crippen LogP contribution in [0.4, 0.5) is 0 Å². The second-order valence-corrected chi connectivity index (χ2v) is 11.4. The molecule has 0 amide bonds. The van der Waals surface area contributed by atoms with Gasteiger partial charge in [0.1, 0.15) is 0 Å². The summed E-state index contributed by atoms with van der Waals surface area (Å²) in [4.78, 5) is 12.0. The summed E-state index contributed by atoms with van der Waals surface area (Å²) in [6, 6.07) is 9.53. The van der Waals surface area contributed by atoms with E-state index in [1.807, 2.05) is 13.0 Å². The summed E-state index contributed by atoms with van der Waals surface area (Å²) in [5, 5.41) is 0. The van der Waals surface area contributed by atoms with Crippen LogP contribution in [0.25, 0.3) is 0 Å². The number of aryl methyl sites for hydroxylation is 3. The van der Waals surface area contributed by atoms with Crippen molar-refractivity contribution in [3.8, 4) is 0 Å². The molecule has 31 heavy (non-hydrogen) atoms. The standard InChI is InChI=1S/C21H26N2O6S2/c1-15-5-6-16(2)20(13-15)31(27,28)23-11-9-22(10-12-23)30(25,26)19-8-7-18(14-17(19)3)21(24)29-4/h5-8,13-14H,9-12H2,1-4H3. The van der Waals surface area contributed by atoms with Crippen molar-refractivity contribution in [2.45, 2.75) is 30.6 Å². The molecular weight excluding hydrogens is 440 g/mol. The van der Waals surface area contributed by atoms with Crippen LogP contribution in [-0.4, -0.2) is 64.7 Å². The molecule has 1 aliphatic rings. The number of esters is 1. The first kappa shape index (κ1) is 23.4. The van der Waals surface area contributed by atoms with Crippen LogP contribution in [0.2, 0.25) is 0 Å². The fraction of sp³-hybridized carbons (Fsp3) is 0.381. The van der Waals surface area contributed by atoms with Crippen molar-refractivity contribution in [2.24, 2.45) is 0 Å². The average Bonchev–Trinajstić information content (AvgIpc) is 2.74. The van der Waals surface area contributed by atoms with Crippen LogP contribution in [0, 0.1) is 20.8 Å². The first-order chi connectivity index (χ1) is 14.5. The van der Waals surface area contributed by atoms with Crippen molar-refractivity contribution in [3.05, 3.63) is 58.7 Å². The van der Waals surface area contributed by atoms with Crippen molar-refractivity contribution in [1.82, 2.24) is 8.61 Å². The van der Waals surface area contributed by atoms with Crippen LogP contribution < -0.4 is 0 Å². The molecule has 2 aromatic rings. The molecule has 0 atom stereocenters. The van der Waals surface area contributed by atoms with Crippen molar-refractivity contribution in [3.63, 3.8) is 0 Å². The van der Waals surface area contributed by atoms with Crippen LogP contribution in [-0.2, 0) is 24.8 Å². The van der Waals surface area contributed by atoms with E-state index >= 15 is 0 Å². The zero-order chi connectivity index (χ0) is 23.0. The molecule has 0 bridgehead atoms. The van der Waals surface area contributed by atoms with E-state index in [0.29, 0.717) is 11.1 Å². The largest absolute Gasteiger partial charge is 0.465 e. The number of carbonyl (C=O) groups is 1. The number of methoxy groups -OCH3 is 1. The van der Waals surface area contributed by atoms with Crippen LogP contribution in [0.5, 0.6) is 0 Å². The molecule has 3 rings (SSSR count). The van der Waals surface area contributed by atoms with Gasteiger partial charge in [-0.25, -0.2) is 21.6 Å². The lowest BCUT2D eigenvalue weighted by molar-refractivity contribution is 0.0600. The van der Waals surface area contributed by atoms with E-state index in [1.54, 1.807) is 26.0 Å².